The quantitative estimate of drug-likeness (QED) is 0.600. The zero-order valence-electron chi connectivity index (χ0n) is 9.10. The van der Waals surface area contributed by atoms with Crippen molar-refractivity contribution in [1.29, 1.82) is 0 Å². The molecule has 1 aliphatic rings. The van der Waals surface area contributed by atoms with E-state index in [9.17, 15) is 9.59 Å². The molecule has 0 amide bonds. The second kappa shape index (κ2) is 4.16. The van der Waals surface area contributed by atoms with Crippen LogP contribution in [0.25, 0.3) is 0 Å². The van der Waals surface area contributed by atoms with Gasteiger partial charge < -0.3 is 18.9 Å². The van der Waals surface area contributed by atoms with Gasteiger partial charge in [0.1, 0.15) is 0 Å². The van der Waals surface area contributed by atoms with Gasteiger partial charge in [-0.25, -0.2) is 9.59 Å². The van der Waals surface area contributed by atoms with E-state index in [-0.39, 0.29) is 0 Å². The molecule has 0 N–H and O–H groups in total. The molecule has 0 aliphatic carbocycles. The molecule has 0 aromatic carbocycles. The fourth-order valence-electron chi connectivity index (χ4n) is 1.34. The first-order valence-corrected chi connectivity index (χ1v) is 4.42. The normalized spacial score (nSPS) is 28.5. The van der Waals surface area contributed by atoms with Crippen LogP contribution in [0.5, 0.6) is 0 Å². The predicted molar refractivity (Wildman–Crippen MR) is 47.9 cm³/mol. The highest BCUT2D eigenvalue weighted by Crippen LogP contribution is 2.29. The Morgan fingerprint density at radius 3 is 1.60 bits per heavy atom. The summed E-state index contributed by atoms with van der Waals surface area (Å²) in [5.74, 6) is -2.32. The summed E-state index contributed by atoms with van der Waals surface area (Å²) in [7, 11) is 2.43. The van der Waals surface area contributed by atoms with Gasteiger partial charge in [-0.05, 0) is 13.8 Å². The third-order valence-corrected chi connectivity index (χ3v) is 1.96. The van der Waals surface area contributed by atoms with E-state index in [1.54, 1.807) is 13.8 Å². The van der Waals surface area contributed by atoms with Crippen LogP contribution < -0.4 is 0 Å². The summed E-state index contributed by atoms with van der Waals surface area (Å²) in [5.41, 5.74) is 0. The lowest BCUT2D eigenvalue weighted by Gasteiger charge is -2.15. The van der Waals surface area contributed by atoms with E-state index in [2.05, 4.69) is 9.47 Å². The van der Waals surface area contributed by atoms with Gasteiger partial charge in [-0.1, -0.05) is 0 Å². The largest absolute Gasteiger partial charge is 0.467 e. The van der Waals surface area contributed by atoms with Crippen LogP contribution in [0.1, 0.15) is 13.8 Å². The van der Waals surface area contributed by atoms with Crippen LogP contribution in [0.2, 0.25) is 0 Å². The lowest BCUT2D eigenvalue weighted by Crippen LogP contribution is -2.38. The number of esters is 2. The molecule has 1 rings (SSSR count). The van der Waals surface area contributed by atoms with Gasteiger partial charge in [0, 0.05) is 0 Å². The summed E-state index contributed by atoms with van der Waals surface area (Å²) in [6.45, 7) is 3.21. The molecule has 86 valence electrons. The molecule has 6 nitrogen and oxygen atoms in total. The maximum absolute atomic E-state index is 11.3. The molecule has 0 saturated carbocycles. The van der Waals surface area contributed by atoms with Gasteiger partial charge in [0.25, 0.3) is 0 Å². The SMILES string of the molecule is COC(=O)C1OC(C)(C)O[C@@H]1C(=O)OC. The number of ether oxygens (including phenoxy) is 4. The van der Waals surface area contributed by atoms with Crippen LogP contribution >= 0.6 is 0 Å². The van der Waals surface area contributed by atoms with E-state index >= 15 is 0 Å². The van der Waals surface area contributed by atoms with Gasteiger partial charge in [-0.15, -0.1) is 0 Å². The van der Waals surface area contributed by atoms with E-state index in [4.69, 9.17) is 9.47 Å². The van der Waals surface area contributed by atoms with Crippen LogP contribution in [0.4, 0.5) is 0 Å². The third-order valence-electron chi connectivity index (χ3n) is 1.96. The summed E-state index contributed by atoms with van der Waals surface area (Å²) in [6.07, 6.45) is -2.14. The summed E-state index contributed by atoms with van der Waals surface area (Å²) < 4.78 is 19.5. The zero-order chi connectivity index (χ0) is 11.6. The van der Waals surface area contributed by atoms with Crippen molar-refractivity contribution in [3.8, 4) is 0 Å². The molecule has 0 radical (unpaired) electrons. The molecule has 15 heavy (non-hydrogen) atoms. The first kappa shape index (κ1) is 11.9. The highest BCUT2D eigenvalue weighted by atomic mass is 16.8. The standard InChI is InChI=1S/C9H14O6/c1-9(2)14-5(7(10)12-3)6(15-9)8(11)13-4/h5-6H,1-4H3/t5-,6?/m0/s1. The van der Waals surface area contributed by atoms with E-state index in [0.29, 0.717) is 0 Å². The van der Waals surface area contributed by atoms with Crippen molar-refractivity contribution in [2.75, 3.05) is 14.2 Å². The van der Waals surface area contributed by atoms with E-state index < -0.39 is 29.9 Å². The Morgan fingerprint density at radius 2 is 1.33 bits per heavy atom. The van der Waals surface area contributed by atoms with Crippen molar-refractivity contribution >= 4 is 11.9 Å². The summed E-state index contributed by atoms with van der Waals surface area (Å²) in [5, 5.41) is 0. The van der Waals surface area contributed by atoms with Crippen LogP contribution in [0, 0.1) is 0 Å². The minimum atomic E-state index is -1.07. The van der Waals surface area contributed by atoms with Gasteiger partial charge >= 0.3 is 11.9 Å². The number of hydrogen-bond donors (Lipinski definition) is 0. The summed E-state index contributed by atoms with van der Waals surface area (Å²) in [6, 6.07) is 0. The molecule has 0 aromatic rings. The highest BCUT2D eigenvalue weighted by molar-refractivity contribution is 5.86. The molecule has 1 aliphatic heterocycles. The minimum Gasteiger partial charge on any atom is -0.467 e. The van der Waals surface area contributed by atoms with E-state index in [0.717, 1.165) is 0 Å². The molecule has 1 fully saturated rings. The first-order valence-electron chi connectivity index (χ1n) is 4.42. The van der Waals surface area contributed by atoms with E-state index in [1.807, 2.05) is 0 Å². The smallest absolute Gasteiger partial charge is 0.338 e. The molecule has 0 spiro atoms. The third kappa shape index (κ3) is 2.45. The van der Waals surface area contributed by atoms with E-state index in [1.165, 1.54) is 14.2 Å². The topological polar surface area (TPSA) is 71.1 Å². The van der Waals surface area contributed by atoms with Gasteiger partial charge in [-0.2, -0.15) is 0 Å². The second-order valence-corrected chi connectivity index (χ2v) is 3.52. The first-order chi connectivity index (χ1) is 6.91. The molecular formula is C9H14O6. The van der Waals surface area contributed by atoms with Crippen molar-refractivity contribution in [3.63, 3.8) is 0 Å². The Balaban J connectivity index is 2.83. The van der Waals surface area contributed by atoms with Crippen molar-refractivity contribution in [1.82, 2.24) is 0 Å². The maximum Gasteiger partial charge on any atom is 0.338 e. The number of rotatable bonds is 2. The highest BCUT2D eigenvalue weighted by Gasteiger charge is 2.50. The Kier molecular flexibility index (Phi) is 3.31. The minimum absolute atomic E-state index is 0.657. The predicted octanol–water partition coefficient (Wildman–Crippen LogP) is -0.148. The number of carbonyl (C=O) groups is 2. The molecule has 1 unspecified atom stereocenters. The lowest BCUT2D eigenvalue weighted by atomic mass is 10.2. The molecule has 0 aromatic heterocycles. The molecule has 1 saturated heterocycles. The van der Waals surface area contributed by atoms with Crippen molar-refractivity contribution < 1.29 is 28.5 Å². The summed E-state index contributed by atoms with van der Waals surface area (Å²) >= 11 is 0. The Morgan fingerprint density at radius 1 is 1.00 bits per heavy atom. The number of hydrogen-bond acceptors (Lipinski definition) is 6. The number of carbonyl (C=O) groups excluding carboxylic acids is 2. The van der Waals surface area contributed by atoms with Crippen LogP contribution in [0.3, 0.4) is 0 Å². The fourth-order valence-corrected chi connectivity index (χ4v) is 1.34. The average molecular weight is 218 g/mol. The second-order valence-electron chi connectivity index (χ2n) is 3.52. The van der Waals surface area contributed by atoms with Crippen molar-refractivity contribution in [2.45, 2.75) is 31.8 Å². The van der Waals surface area contributed by atoms with Crippen LogP contribution in [-0.2, 0) is 28.5 Å². The lowest BCUT2D eigenvalue weighted by molar-refractivity contribution is -0.171. The van der Waals surface area contributed by atoms with Gasteiger partial charge in [-0.3, -0.25) is 0 Å². The fraction of sp³-hybridized carbons (Fsp3) is 0.778. The molecule has 0 bridgehead atoms. The molecule has 1 heterocycles. The van der Waals surface area contributed by atoms with Crippen LogP contribution in [-0.4, -0.2) is 44.2 Å². The maximum atomic E-state index is 11.3. The van der Waals surface area contributed by atoms with Gasteiger partial charge in [0.2, 0.25) is 0 Å². The average Bonchev–Trinajstić information content (AvgIpc) is 2.52. The van der Waals surface area contributed by atoms with Crippen molar-refractivity contribution in [2.24, 2.45) is 0 Å². The Bertz CT molecular complexity index is 246. The van der Waals surface area contributed by atoms with Gasteiger partial charge in [0.15, 0.2) is 18.0 Å². The molecule has 2 atom stereocenters. The summed E-state index contributed by atoms with van der Waals surface area (Å²) in [4.78, 5) is 22.6. The Labute approximate surface area is 87.4 Å². The van der Waals surface area contributed by atoms with Gasteiger partial charge in [0.05, 0.1) is 14.2 Å². The Hall–Kier alpha value is -1.14. The van der Waals surface area contributed by atoms with Crippen LogP contribution in [0.15, 0.2) is 0 Å². The number of methoxy groups -OCH3 is 2. The van der Waals surface area contributed by atoms with Crippen molar-refractivity contribution in [3.05, 3.63) is 0 Å². The molecule has 6 heteroatoms. The zero-order valence-corrected chi connectivity index (χ0v) is 9.10. The monoisotopic (exact) mass is 218 g/mol. The molecular weight excluding hydrogens is 204 g/mol.